The number of hydrogen-bond acceptors (Lipinski definition) is 5. The number of anilines is 1. The molecule has 1 fully saturated rings. The Kier molecular flexibility index (Phi) is 5.65. The van der Waals surface area contributed by atoms with Crippen LogP contribution in [0.15, 0.2) is 78.9 Å². The summed E-state index contributed by atoms with van der Waals surface area (Å²) < 4.78 is 7.16. The van der Waals surface area contributed by atoms with Crippen molar-refractivity contribution in [2.45, 2.75) is 18.9 Å². The van der Waals surface area contributed by atoms with E-state index >= 15 is 0 Å². The van der Waals surface area contributed by atoms with E-state index in [-0.39, 0.29) is 11.9 Å². The predicted octanol–water partition coefficient (Wildman–Crippen LogP) is 5.86. The molecule has 5 nitrogen and oxygen atoms in total. The molecule has 1 aromatic heterocycles. The highest BCUT2D eigenvalue weighted by Gasteiger charge is 2.30. The molecule has 5 rings (SSSR count). The zero-order valence-electron chi connectivity index (χ0n) is 17.0. The van der Waals surface area contributed by atoms with E-state index in [1.165, 1.54) is 4.70 Å². The number of benzene rings is 3. The third kappa shape index (κ3) is 4.45. The molecule has 156 valence electrons. The highest BCUT2D eigenvalue weighted by molar-refractivity contribution is 7.18. The van der Waals surface area contributed by atoms with Gasteiger partial charge in [0.25, 0.3) is 0 Å². The number of para-hydroxylation sites is 4. The van der Waals surface area contributed by atoms with Gasteiger partial charge in [0, 0.05) is 0 Å². The topological polar surface area (TPSA) is 54.5 Å². The van der Waals surface area contributed by atoms with Crippen molar-refractivity contribution in [2.75, 3.05) is 18.4 Å². The number of carbonyl (C=O) groups is 1. The average Bonchev–Trinajstić information content (AvgIpc) is 3.42. The Balaban J connectivity index is 1.28. The molecule has 0 bridgehead atoms. The second-order valence-corrected chi connectivity index (χ2v) is 8.67. The van der Waals surface area contributed by atoms with Gasteiger partial charge in [-0.3, -0.25) is 9.69 Å². The van der Waals surface area contributed by atoms with Crippen LogP contribution in [-0.4, -0.2) is 28.9 Å². The maximum absolute atomic E-state index is 12.9. The number of aromatic nitrogens is 1. The number of amides is 1. The van der Waals surface area contributed by atoms with Crippen LogP contribution < -0.4 is 10.1 Å². The summed E-state index contributed by atoms with van der Waals surface area (Å²) in [6.45, 7) is 1.23. The van der Waals surface area contributed by atoms with Crippen LogP contribution in [0.25, 0.3) is 10.2 Å². The molecule has 2 heterocycles. The van der Waals surface area contributed by atoms with E-state index in [2.05, 4.69) is 16.3 Å². The summed E-state index contributed by atoms with van der Waals surface area (Å²) in [5.41, 5.74) is 1.71. The first-order valence-electron chi connectivity index (χ1n) is 10.5. The first kappa shape index (κ1) is 19.7. The lowest BCUT2D eigenvalue weighted by molar-refractivity contribution is -0.117. The molecule has 6 heteroatoms. The molecule has 1 aliphatic rings. The molecular formula is C25H23N3O2S. The van der Waals surface area contributed by atoms with Gasteiger partial charge >= 0.3 is 0 Å². The number of likely N-dealkylation sites (tertiary alicyclic amines) is 1. The van der Waals surface area contributed by atoms with Crippen LogP contribution in [0.3, 0.4) is 0 Å². The molecule has 1 unspecified atom stereocenters. The SMILES string of the molecule is O=C(CN1CCCC1c1nc2ccccc2s1)Nc1ccccc1Oc1ccccc1. The largest absolute Gasteiger partial charge is 0.455 e. The van der Waals surface area contributed by atoms with E-state index in [9.17, 15) is 4.79 Å². The lowest BCUT2D eigenvalue weighted by atomic mass is 10.2. The maximum atomic E-state index is 12.9. The summed E-state index contributed by atoms with van der Waals surface area (Å²) >= 11 is 1.73. The predicted molar refractivity (Wildman–Crippen MR) is 125 cm³/mol. The highest BCUT2D eigenvalue weighted by atomic mass is 32.1. The van der Waals surface area contributed by atoms with Crippen molar-refractivity contribution in [2.24, 2.45) is 0 Å². The van der Waals surface area contributed by atoms with Crippen LogP contribution in [-0.2, 0) is 4.79 Å². The minimum atomic E-state index is -0.0443. The van der Waals surface area contributed by atoms with Gasteiger partial charge in [-0.1, -0.05) is 42.5 Å². The van der Waals surface area contributed by atoms with Crippen molar-refractivity contribution >= 4 is 33.1 Å². The summed E-state index contributed by atoms with van der Waals surface area (Å²) in [7, 11) is 0. The Morgan fingerprint density at radius 1 is 1.03 bits per heavy atom. The quantitative estimate of drug-likeness (QED) is 0.417. The number of hydrogen-bond donors (Lipinski definition) is 1. The molecule has 1 aliphatic heterocycles. The van der Waals surface area contributed by atoms with Crippen molar-refractivity contribution < 1.29 is 9.53 Å². The number of nitrogens with one attached hydrogen (secondary N) is 1. The first-order chi connectivity index (χ1) is 15.3. The van der Waals surface area contributed by atoms with E-state index in [4.69, 9.17) is 9.72 Å². The molecule has 3 aromatic carbocycles. The van der Waals surface area contributed by atoms with Crippen LogP contribution in [0.4, 0.5) is 5.69 Å². The van der Waals surface area contributed by atoms with Gasteiger partial charge in [-0.2, -0.15) is 0 Å². The Bertz CT molecular complexity index is 1160. The van der Waals surface area contributed by atoms with E-state index in [1.807, 2.05) is 72.8 Å². The standard InChI is InChI=1S/C25H23N3O2S/c29-24(26-19-11-4-6-14-22(19)30-18-9-2-1-3-10-18)17-28-16-8-13-21(28)25-27-20-12-5-7-15-23(20)31-25/h1-7,9-12,14-15,21H,8,13,16-17H2,(H,26,29). The van der Waals surface area contributed by atoms with E-state index < -0.39 is 0 Å². The van der Waals surface area contributed by atoms with Gasteiger partial charge in [0.15, 0.2) is 5.75 Å². The van der Waals surface area contributed by atoms with Gasteiger partial charge < -0.3 is 10.1 Å². The van der Waals surface area contributed by atoms with Gasteiger partial charge in [-0.05, 0) is 55.8 Å². The summed E-state index contributed by atoms with van der Waals surface area (Å²) in [6, 6.07) is 25.5. The zero-order valence-corrected chi connectivity index (χ0v) is 17.8. The van der Waals surface area contributed by atoms with E-state index in [1.54, 1.807) is 11.3 Å². The molecule has 1 saturated heterocycles. The summed E-state index contributed by atoms with van der Waals surface area (Å²) in [5, 5.41) is 4.13. The average molecular weight is 430 g/mol. The van der Waals surface area contributed by atoms with Crippen LogP contribution in [0.5, 0.6) is 11.5 Å². The molecular weight excluding hydrogens is 406 g/mol. The fourth-order valence-electron chi connectivity index (χ4n) is 3.98. The minimum Gasteiger partial charge on any atom is -0.455 e. The number of rotatable bonds is 6. The molecule has 1 amide bonds. The van der Waals surface area contributed by atoms with Crippen LogP contribution in [0.2, 0.25) is 0 Å². The van der Waals surface area contributed by atoms with Crippen LogP contribution in [0.1, 0.15) is 23.9 Å². The number of fused-ring (bicyclic) bond motifs is 1. The lowest BCUT2D eigenvalue weighted by Crippen LogP contribution is -2.33. The highest BCUT2D eigenvalue weighted by Crippen LogP contribution is 2.36. The van der Waals surface area contributed by atoms with Crippen molar-refractivity contribution in [3.05, 3.63) is 83.9 Å². The van der Waals surface area contributed by atoms with E-state index in [0.717, 1.165) is 35.7 Å². The van der Waals surface area contributed by atoms with Gasteiger partial charge in [0.2, 0.25) is 5.91 Å². The van der Waals surface area contributed by atoms with Crippen molar-refractivity contribution in [1.82, 2.24) is 9.88 Å². The molecule has 0 saturated carbocycles. The Labute approximate surface area is 185 Å². The van der Waals surface area contributed by atoms with Gasteiger partial charge in [-0.15, -0.1) is 11.3 Å². The fourth-order valence-corrected chi connectivity index (χ4v) is 5.11. The van der Waals surface area contributed by atoms with Crippen molar-refractivity contribution in [3.63, 3.8) is 0 Å². The van der Waals surface area contributed by atoms with Gasteiger partial charge in [-0.25, -0.2) is 4.98 Å². The molecule has 1 N–H and O–H groups in total. The number of ether oxygens (including phenoxy) is 1. The van der Waals surface area contributed by atoms with E-state index in [0.29, 0.717) is 18.0 Å². The molecule has 0 aliphatic carbocycles. The number of nitrogens with zero attached hydrogens (tertiary/aromatic N) is 2. The second-order valence-electron chi connectivity index (χ2n) is 7.61. The summed E-state index contributed by atoms with van der Waals surface area (Å²) in [6.07, 6.45) is 2.10. The second kappa shape index (κ2) is 8.88. The maximum Gasteiger partial charge on any atom is 0.238 e. The molecule has 0 spiro atoms. The van der Waals surface area contributed by atoms with Gasteiger partial charge in [0.05, 0.1) is 28.5 Å². The number of carbonyl (C=O) groups excluding carboxylic acids is 1. The van der Waals surface area contributed by atoms with Crippen molar-refractivity contribution in [3.8, 4) is 11.5 Å². The molecule has 0 radical (unpaired) electrons. The normalized spacial score (nSPS) is 16.5. The summed E-state index contributed by atoms with van der Waals surface area (Å²) in [4.78, 5) is 19.9. The Morgan fingerprint density at radius 2 is 1.81 bits per heavy atom. The molecule has 1 atom stereocenters. The molecule has 4 aromatic rings. The minimum absolute atomic E-state index is 0.0443. The first-order valence-corrected chi connectivity index (χ1v) is 11.3. The number of thiazole rings is 1. The summed E-state index contributed by atoms with van der Waals surface area (Å²) in [5.74, 6) is 1.32. The van der Waals surface area contributed by atoms with Crippen LogP contribution in [0, 0.1) is 0 Å². The van der Waals surface area contributed by atoms with Crippen LogP contribution >= 0.6 is 11.3 Å². The zero-order chi connectivity index (χ0) is 21.0. The fraction of sp³-hybridized carbons (Fsp3) is 0.200. The Morgan fingerprint density at radius 3 is 2.68 bits per heavy atom. The lowest BCUT2D eigenvalue weighted by Gasteiger charge is -2.22. The third-order valence-corrected chi connectivity index (χ3v) is 6.58. The van der Waals surface area contributed by atoms with Gasteiger partial charge in [0.1, 0.15) is 10.8 Å². The smallest absolute Gasteiger partial charge is 0.238 e. The van der Waals surface area contributed by atoms with Crippen molar-refractivity contribution in [1.29, 1.82) is 0 Å². The monoisotopic (exact) mass is 429 g/mol. The molecule has 31 heavy (non-hydrogen) atoms. The third-order valence-electron chi connectivity index (χ3n) is 5.44. The Hall–Kier alpha value is -3.22.